The van der Waals surface area contributed by atoms with Gasteiger partial charge in [-0.3, -0.25) is 4.79 Å². The summed E-state index contributed by atoms with van der Waals surface area (Å²) in [6, 6.07) is 5.28. The average molecular weight is 277 g/mol. The molecule has 6 heteroatoms. The second-order valence-corrected chi connectivity index (χ2v) is 5.15. The van der Waals surface area contributed by atoms with Crippen molar-refractivity contribution < 1.29 is 24.2 Å². The van der Waals surface area contributed by atoms with Crippen LogP contribution in [-0.2, 0) is 16.0 Å². The largest absolute Gasteiger partial charge is 0.480 e. The number of carboxylic acid groups (broad SMARTS) is 1. The fourth-order valence-electron chi connectivity index (χ4n) is 2.47. The van der Waals surface area contributed by atoms with Crippen molar-refractivity contribution in [3.8, 4) is 11.5 Å². The summed E-state index contributed by atoms with van der Waals surface area (Å²) in [5.74, 6) is 0.0378. The molecule has 2 N–H and O–H groups in total. The van der Waals surface area contributed by atoms with Crippen LogP contribution in [0.1, 0.15) is 24.8 Å². The summed E-state index contributed by atoms with van der Waals surface area (Å²) in [5, 5.41) is 11.8. The number of carboxylic acids is 1. The van der Waals surface area contributed by atoms with Gasteiger partial charge in [0.05, 0.1) is 6.42 Å². The zero-order valence-corrected chi connectivity index (χ0v) is 10.8. The van der Waals surface area contributed by atoms with Gasteiger partial charge >= 0.3 is 5.97 Å². The molecule has 20 heavy (non-hydrogen) atoms. The van der Waals surface area contributed by atoms with E-state index in [1.54, 1.807) is 18.2 Å². The Morgan fingerprint density at radius 2 is 2.00 bits per heavy atom. The number of benzene rings is 1. The first kappa shape index (κ1) is 12.8. The zero-order valence-electron chi connectivity index (χ0n) is 10.8. The Morgan fingerprint density at radius 3 is 2.65 bits per heavy atom. The summed E-state index contributed by atoms with van der Waals surface area (Å²) in [4.78, 5) is 23.2. The van der Waals surface area contributed by atoms with E-state index in [0.717, 1.165) is 12.0 Å². The Balaban J connectivity index is 1.66. The lowest BCUT2D eigenvalue weighted by atomic mass is 9.76. The van der Waals surface area contributed by atoms with Crippen molar-refractivity contribution in [2.45, 2.75) is 31.2 Å². The Kier molecular flexibility index (Phi) is 3.00. The van der Waals surface area contributed by atoms with Gasteiger partial charge in [0.25, 0.3) is 0 Å². The van der Waals surface area contributed by atoms with Crippen LogP contribution in [0.15, 0.2) is 18.2 Å². The van der Waals surface area contributed by atoms with Crippen LogP contribution in [0.25, 0.3) is 0 Å². The summed E-state index contributed by atoms with van der Waals surface area (Å²) >= 11 is 0. The Bertz CT molecular complexity index is 565. The third-order valence-electron chi connectivity index (χ3n) is 3.80. The molecule has 0 bridgehead atoms. The minimum atomic E-state index is -1.06. The number of rotatable bonds is 4. The Morgan fingerprint density at radius 1 is 1.25 bits per heavy atom. The second kappa shape index (κ2) is 4.70. The molecule has 1 heterocycles. The van der Waals surface area contributed by atoms with Crippen molar-refractivity contribution in [3.05, 3.63) is 23.8 Å². The smallest absolute Gasteiger partial charge is 0.329 e. The predicted octanol–water partition coefficient (Wildman–Crippen LogP) is 1.08. The van der Waals surface area contributed by atoms with E-state index in [1.807, 2.05) is 0 Å². The molecule has 1 fully saturated rings. The summed E-state index contributed by atoms with van der Waals surface area (Å²) in [6.07, 6.45) is 1.95. The summed E-state index contributed by atoms with van der Waals surface area (Å²) in [5.41, 5.74) is -0.292. The van der Waals surface area contributed by atoms with Crippen LogP contribution in [0.2, 0.25) is 0 Å². The van der Waals surface area contributed by atoms with E-state index in [4.69, 9.17) is 9.47 Å². The second-order valence-electron chi connectivity index (χ2n) is 5.15. The monoisotopic (exact) mass is 277 g/mol. The number of nitrogens with one attached hydrogen (secondary N) is 1. The van der Waals surface area contributed by atoms with Crippen molar-refractivity contribution in [3.63, 3.8) is 0 Å². The molecule has 0 spiro atoms. The van der Waals surface area contributed by atoms with Gasteiger partial charge in [-0.2, -0.15) is 0 Å². The Labute approximate surface area is 115 Å². The maximum absolute atomic E-state index is 12.0. The molecule has 0 saturated heterocycles. The fraction of sp³-hybridized carbons (Fsp3) is 0.429. The number of carbonyl (C=O) groups is 2. The standard InChI is InChI=1S/C14H15NO5/c16-12(15-14(13(17)18)4-1-5-14)7-9-2-3-10-11(6-9)20-8-19-10/h2-3,6H,1,4-5,7-8H2,(H,15,16)(H,17,18). The molecule has 1 aromatic carbocycles. The minimum Gasteiger partial charge on any atom is -0.480 e. The first-order chi connectivity index (χ1) is 9.59. The average Bonchev–Trinajstić information content (AvgIpc) is 2.80. The molecule has 1 aromatic rings. The Hall–Kier alpha value is -2.24. The van der Waals surface area contributed by atoms with Crippen LogP contribution in [0.5, 0.6) is 11.5 Å². The highest BCUT2D eigenvalue weighted by Crippen LogP contribution is 2.34. The molecule has 2 aliphatic rings. The van der Waals surface area contributed by atoms with Gasteiger partial charge in [-0.05, 0) is 37.0 Å². The summed E-state index contributed by atoms with van der Waals surface area (Å²) in [6.45, 7) is 0.188. The van der Waals surface area contributed by atoms with Crippen molar-refractivity contribution >= 4 is 11.9 Å². The third kappa shape index (κ3) is 2.17. The highest BCUT2D eigenvalue weighted by atomic mass is 16.7. The van der Waals surface area contributed by atoms with E-state index in [2.05, 4.69) is 5.32 Å². The SMILES string of the molecule is O=C(Cc1ccc2c(c1)OCO2)NC1(C(=O)O)CCC1. The van der Waals surface area contributed by atoms with Gasteiger partial charge in [-0.15, -0.1) is 0 Å². The van der Waals surface area contributed by atoms with Crippen LogP contribution in [0, 0.1) is 0 Å². The maximum Gasteiger partial charge on any atom is 0.329 e. The molecular weight excluding hydrogens is 262 g/mol. The van der Waals surface area contributed by atoms with Crippen molar-refractivity contribution in [1.29, 1.82) is 0 Å². The van der Waals surface area contributed by atoms with Crippen LogP contribution < -0.4 is 14.8 Å². The lowest BCUT2D eigenvalue weighted by Crippen LogP contribution is -2.59. The molecule has 106 valence electrons. The summed E-state index contributed by atoms with van der Waals surface area (Å²) < 4.78 is 10.4. The van der Waals surface area contributed by atoms with Gasteiger partial charge in [-0.25, -0.2) is 4.79 Å². The third-order valence-corrected chi connectivity index (χ3v) is 3.80. The van der Waals surface area contributed by atoms with Crippen molar-refractivity contribution in [1.82, 2.24) is 5.32 Å². The molecule has 1 aliphatic carbocycles. The normalized spacial score (nSPS) is 18.2. The van der Waals surface area contributed by atoms with E-state index in [9.17, 15) is 14.7 Å². The van der Waals surface area contributed by atoms with Gasteiger partial charge in [0.15, 0.2) is 11.5 Å². The van der Waals surface area contributed by atoms with Gasteiger partial charge in [0.1, 0.15) is 5.54 Å². The van der Waals surface area contributed by atoms with E-state index in [0.29, 0.717) is 24.3 Å². The highest BCUT2D eigenvalue weighted by Gasteiger charge is 2.45. The molecule has 6 nitrogen and oxygen atoms in total. The number of carbonyl (C=O) groups excluding carboxylic acids is 1. The van der Waals surface area contributed by atoms with Crippen LogP contribution in [-0.4, -0.2) is 29.3 Å². The molecule has 0 radical (unpaired) electrons. The molecule has 1 aliphatic heterocycles. The first-order valence-corrected chi connectivity index (χ1v) is 6.52. The molecule has 1 amide bonds. The predicted molar refractivity (Wildman–Crippen MR) is 68.6 cm³/mol. The van der Waals surface area contributed by atoms with Crippen molar-refractivity contribution in [2.75, 3.05) is 6.79 Å². The number of hydrogen-bond acceptors (Lipinski definition) is 4. The molecule has 3 rings (SSSR count). The highest BCUT2D eigenvalue weighted by molar-refractivity contribution is 5.88. The van der Waals surface area contributed by atoms with E-state index < -0.39 is 11.5 Å². The molecule has 0 atom stereocenters. The zero-order chi connectivity index (χ0) is 14.2. The topological polar surface area (TPSA) is 84.9 Å². The molecule has 0 aromatic heterocycles. The lowest BCUT2D eigenvalue weighted by molar-refractivity contribution is -0.151. The van der Waals surface area contributed by atoms with E-state index >= 15 is 0 Å². The van der Waals surface area contributed by atoms with E-state index in [1.165, 1.54) is 0 Å². The van der Waals surface area contributed by atoms with E-state index in [-0.39, 0.29) is 19.1 Å². The van der Waals surface area contributed by atoms with Crippen LogP contribution in [0.4, 0.5) is 0 Å². The van der Waals surface area contributed by atoms with Crippen molar-refractivity contribution in [2.24, 2.45) is 0 Å². The maximum atomic E-state index is 12.0. The number of amides is 1. The summed E-state index contributed by atoms with van der Waals surface area (Å²) in [7, 11) is 0. The molecular formula is C14H15NO5. The lowest BCUT2D eigenvalue weighted by Gasteiger charge is -2.38. The number of aliphatic carboxylic acids is 1. The van der Waals surface area contributed by atoms with Gasteiger partial charge in [0, 0.05) is 0 Å². The van der Waals surface area contributed by atoms with Gasteiger partial charge in [0.2, 0.25) is 12.7 Å². The number of ether oxygens (including phenoxy) is 2. The number of fused-ring (bicyclic) bond motifs is 1. The quantitative estimate of drug-likeness (QED) is 0.860. The fourth-order valence-corrected chi connectivity index (χ4v) is 2.47. The van der Waals surface area contributed by atoms with Crippen LogP contribution >= 0.6 is 0 Å². The van der Waals surface area contributed by atoms with Gasteiger partial charge in [-0.1, -0.05) is 6.07 Å². The molecule has 0 unspecified atom stereocenters. The van der Waals surface area contributed by atoms with Gasteiger partial charge < -0.3 is 19.9 Å². The minimum absolute atomic E-state index is 0.131. The number of hydrogen-bond donors (Lipinski definition) is 2. The van der Waals surface area contributed by atoms with Crippen LogP contribution in [0.3, 0.4) is 0 Å². The first-order valence-electron chi connectivity index (χ1n) is 6.52. The molecule has 1 saturated carbocycles.